The summed E-state index contributed by atoms with van der Waals surface area (Å²) in [4.78, 5) is 55.5. The van der Waals surface area contributed by atoms with Gasteiger partial charge in [0.15, 0.2) is 22.5 Å². The van der Waals surface area contributed by atoms with Crippen molar-refractivity contribution in [1.82, 2.24) is 20.2 Å². The second-order valence-electron chi connectivity index (χ2n) is 14.1. The maximum atomic E-state index is 14.1. The number of carbonyl (C=O) groups is 3. The maximum absolute atomic E-state index is 14.1. The van der Waals surface area contributed by atoms with Crippen LogP contribution in [-0.4, -0.2) is 68.9 Å². The fourth-order valence-electron chi connectivity index (χ4n) is 5.43. The minimum Gasteiger partial charge on any atom is -0.493 e. The number of benzene rings is 2. The lowest BCUT2D eigenvalue weighted by Gasteiger charge is -2.34. The fourth-order valence-corrected chi connectivity index (χ4v) is 5.43. The van der Waals surface area contributed by atoms with Crippen LogP contribution in [0.15, 0.2) is 51.8 Å². The zero-order chi connectivity index (χ0) is 34.7. The van der Waals surface area contributed by atoms with E-state index in [2.05, 4.69) is 15.5 Å². The molecule has 0 bridgehead atoms. The van der Waals surface area contributed by atoms with E-state index in [4.69, 9.17) is 23.5 Å². The first-order chi connectivity index (χ1) is 22.6. The Morgan fingerprint density at radius 2 is 1.58 bits per heavy atom. The van der Waals surface area contributed by atoms with Crippen LogP contribution in [0.2, 0.25) is 0 Å². The van der Waals surface area contributed by atoms with Crippen molar-refractivity contribution in [2.75, 3.05) is 19.8 Å². The van der Waals surface area contributed by atoms with E-state index in [9.17, 15) is 19.2 Å². The molecule has 1 fully saturated rings. The predicted molar refractivity (Wildman–Crippen MR) is 175 cm³/mol. The molecule has 1 saturated heterocycles. The molecule has 0 N–H and O–H groups in total. The zero-order valence-corrected chi connectivity index (χ0v) is 28.2. The molecule has 5 rings (SSSR count). The van der Waals surface area contributed by atoms with E-state index < -0.39 is 46.3 Å². The average molecular weight is 663 g/mol. The Balaban J connectivity index is 1.48. The predicted octanol–water partition coefficient (Wildman–Crippen LogP) is 5.07. The van der Waals surface area contributed by atoms with Crippen molar-refractivity contribution in [3.63, 3.8) is 0 Å². The van der Waals surface area contributed by atoms with Gasteiger partial charge in [-0.05, 0) is 91.0 Å². The number of aryl methyl sites for hydroxylation is 1. The molecule has 0 unspecified atom stereocenters. The van der Waals surface area contributed by atoms with Crippen molar-refractivity contribution < 1.29 is 37.9 Å². The van der Waals surface area contributed by atoms with E-state index in [1.807, 2.05) is 0 Å². The van der Waals surface area contributed by atoms with Gasteiger partial charge in [-0.25, -0.2) is 4.68 Å². The third kappa shape index (κ3) is 8.07. The smallest absolute Gasteiger partial charge is 0.324 e. The summed E-state index contributed by atoms with van der Waals surface area (Å²) in [5, 5.41) is 12.9. The number of aromatic nitrogens is 4. The maximum Gasteiger partial charge on any atom is 0.324 e. The molecule has 0 radical (unpaired) electrons. The molecule has 0 atom stereocenters. The Morgan fingerprint density at radius 1 is 0.917 bits per heavy atom. The van der Waals surface area contributed by atoms with Crippen LogP contribution in [0.3, 0.4) is 0 Å². The zero-order valence-electron chi connectivity index (χ0n) is 28.2. The van der Waals surface area contributed by atoms with E-state index in [1.54, 1.807) is 84.0 Å². The van der Waals surface area contributed by atoms with Crippen molar-refractivity contribution in [2.24, 2.45) is 11.3 Å². The highest BCUT2D eigenvalue weighted by Crippen LogP contribution is 2.37. The van der Waals surface area contributed by atoms with Crippen LogP contribution in [0, 0.1) is 11.3 Å². The van der Waals surface area contributed by atoms with Gasteiger partial charge < -0.3 is 23.5 Å². The van der Waals surface area contributed by atoms with Crippen molar-refractivity contribution >= 4 is 39.6 Å². The highest BCUT2D eigenvalue weighted by Gasteiger charge is 2.53. The van der Waals surface area contributed by atoms with Crippen LogP contribution >= 0.6 is 0 Å². The molecule has 0 amide bonds. The van der Waals surface area contributed by atoms with Gasteiger partial charge in [0.1, 0.15) is 22.5 Å². The van der Waals surface area contributed by atoms with Gasteiger partial charge in [-0.3, -0.25) is 19.2 Å². The lowest BCUT2D eigenvalue weighted by molar-refractivity contribution is -0.186. The van der Waals surface area contributed by atoms with Crippen LogP contribution in [0.25, 0.3) is 21.9 Å². The van der Waals surface area contributed by atoms with Gasteiger partial charge >= 0.3 is 11.9 Å². The molecule has 0 saturated carbocycles. The standard InChI is InChI=1S/C35H42N4O9/c1-33(2,3)46-31(42)35(32(43)47-34(4,5)6,15-16-39-30(41)24-9-7-8-10-26(24)36-38-39)20-27(40)29-25-12-11-23(19-28(25)48-37-29)45-21-22-13-17-44-18-14-22/h7-12,19,22H,13-18,20-21H2,1-6H3. The molecule has 256 valence electrons. The van der Waals surface area contributed by atoms with Crippen LogP contribution in [-0.2, 0) is 30.3 Å². The normalized spacial score (nSPS) is 14.6. The SMILES string of the molecule is CC(C)(C)OC(=O)C(CCn1nnc2ccccc2c1=O)(CC(=O)c1noc2cc(OCC3CCOCC3)ccc12)C(=O)OC(C)(C)C. The molecule has 0 aliphatic carbocycles. The highest BCUT2D eigenvalue weighted by molar-refractivity contribution is 6.11. The Kier molecular flexibility index (Phi) is 9.99. The highest BCUT2D eigenvalue weighted by atomic mass is 16.6. The van der Waals surface area contributed by atoms with Gasteiger partial charge in [-0.15, -0.1) is 5.10 Å². The van der Waals surface area contributed by atoms with Gasteiger partial charge in [0.05, 0.1) is 17.4 Å². The number of esters is 2. The van der Waals surface area contributed by atoms with Gasteiger partial charge in [0.2, 0.25) is 0 Å². The summed E-state index contributed by atoms with van der Waals surface area (Å²) < 4.78 is 29.5. The molecule has 48 heavy (non-hydrogen) atoms. The van der Waals surface area contributed by atoms with Crippen LogP contribution in [0.1, 0.15) is 77.7 Å². The Hall–Kier alpha value is -4.65. The Morgan fingerprint density at radius 3 is 2.25 bits per heavy atom. The van der Waals surface area contributed by atoms with Crippen molar-refractivity contribution in [3.05, 3.63) is 58.5 Å². The van der Waals surface area contributed by atoms with Gasteiger partial charge in [-0.1, -0.05) is 22.5 Å². The lowest BCUT2D eigenvalue weighted by Crippen LogP contribution is -2.49. The van der Waals surface area contributed by atoms with E-state index >= 15 is 0 Å². The second kappa shape index (κ2) is 13.8. The number of carbonyl (C=O) groups excluding carboxylic acids is 3. The summed E-state index contributed by atoms with van der Waals surface area (Å²) in [6, 6.07) is 11.7. The number of Topliss-reactive ketones (excluding diaryl/α,β-unsaturated/α-hetero) is 1. The topological polar surface area (TPSA) is 162 Å². The Bertz CT molecular complexity index is 1830. The minimum atomic E-state index is -2.18. The largest absolute Gasteiger partial charge is 0.493 e. The minimum absolute atomic E-state index is 0.0693. The molecular weight excluding hydrogens is 620 g/mol. The van der Waals surface area contributed by atoms with Crippen molar-refractivity contribution in [3.8, 4) is 5.75 Å². The number of ketones is 1. The third-order valence-electron chi connectivity index (χ3n) is 7.96. The fraction of sp³-hybridized carbons (Fsp3) is 0.514. The first-order valence-corrected chi connectivity index (χ1v) is 16.1. The number of ether oxygens (including phenoxy) is 4. The molecule has 3 heterocycles. The number of rotatable bonds is 11. The number of hydrogen-bond donors (Lipinski definition) is 0. The summed E-state index contributed by atoms with van der Waals surface area (Å²) in [5.41, 5.74) is -4.05. The molecule has 2 aromatic heterocycles. The third-order valence-corrected chi connectivity index (χ3v) is 7.96. The molecule has 13 nitrogen and oxygen atoms in total. The first-order valence-electron chi connectivity index (χ1n) is 16.1. The molecular formula is C35H42N4O9. The number of nitrogens with zero attached hydrogens (tertiary/aromatic N) is 4. The number of fused-ring (bicyclic) bond motifs is 2. The summed E-state index contributed by atoms with van der Waals surface area (Å²) in [7, 11) is 0. The quantitative estimate of drug-likeness (QED) is 0.119. The molecule has 1 aliphatic heterocycles. The van der Waals surface area contributed by atoms with E-state index in [1.165, 1.54) is 0 Å². The van der Waals surface area contributed by atoms with E-state index in [-0.39, 0.29) is 18.7 Å². The second-order valence-corrected chi connectivity index (χ2v) is 14.1. The molecule has 4 aromatic rings. The summed E-state index contributed by atoms with van der Waals surface area (Å²) >= 11 is 0. The lowest BCUT2D eigenvalue weighted by atomic mass is 9.78. The van der Waals surface area contributed by atoms with Gasteiger partial charge in [0.25, 0.3) is 5.56 Å². The monoisotopic (exact) mass is 662 g/mol. The number of hydrogen-bond acceptors (Lipinski definition) is 12. The van der Waals surface area contributed by atoms with Crippen LogP contribution < -0.4 is 10.3 Å². The molecule has 13 heteroatoms. The van der Waals surface area contributed by atoms with Crippen LogP contribution in [0.5, 0.6) is 5.75 Å². The summed E-state index contributed by atoms with van der Waals surface area (Å²) in [5.74, 6) is -1.67. The van der Waals surface area contributed by atoms with Crippen molar-refractivity contribution in [2.45, 2.75) is 85.0 Å². The van der Waals surface area contributed by atoms with E-state index in [0.717, 1.165) is 17.5 Å². The first kappa shape index (κ1) is 34.7. The van der Waals surface area contributed by atoms with Gasteiger partial charge in [0, 0.05) is 32.2 Å². The average Bonchev–Trinajstić information content (AvgIpc) is 3.45. The summed E-state index contributed by atoms with van der Waals surface area (Å²) in [6.45, 7) is 11.6. The van der Waals surface area contributed by atoms with Crippen LogP contribution in [0.4, 0.5) is 0 Å². The van der Waals surface area contributed by atoms with Gasteiger partial charge in [-0.2, -0.15) is 0 Å². The molecule has 1 aliphatic rings. The van der Waals surface area contributed by atoms with E-state index in [0.29, 0.717) is 53.4 Å². The molecule has 2 aromatic carbocycles. The van der Waals surface area contributed by atoms with Crippen molar-refractivity contribution in [1.29, 1.82) is 0 Å². The summed E-state index contributed by atoms with van der Waals surface area (Å²) in [6.07, 6.45) is 0.816. The Labute approximate surface area is 277 Å². The molecule has 0 spiro atoms.